The van der Waals surface area contributed by atoms with Crippen molar-refractivity contribution in [1.29, 1.82) is 0 Å². The molecule has 0 atom stereocenters. The van der Waals surface area contributed by atoms with Crippen molar-refractivity contribution in [3.8, 4) is 5.75 Å². The maximum atomic E-state index is 12.9. The van der Waals surface area contributed by atoms with Crippen molar-refractivity contribution < 1.29 is 18.7 Å². The van der Waals surface area contributed by atoms with Gasteiger partial charge in [-0.3, -0.25) is 9.59 Å². The molecule has 0 fully saturated rings. The van der Waals surface area contributed by atoms with E-state index in [2.05, 4.69) is 15.8 Å². The van der Waals surface area contributed by atoms with Crippen LogP contribution < -0.4 is 15.5 Å². The molecule has 3 rings (SSSR count). The SMILES string of the molecule is Cc1cccc(NC(=O)CCC(=O)NN=Cc2ccc(OCc3ccc(F)cc3)cc2)c1C. The molecule has 0 spiro atoms. The summed E-state index contributed by atoms with van der Waals surface area (Å²) in [4.78, 5) is 24.1. The van der Waals surface area contributed by atoms with E-state index in [4.69, 9.17) is 4.74 Å². The summed E-state index contributed by atoms with van der Waals surface area (Å²) < 4.78 is 18.6. The Balaban J connectivity index is 1.39. The average Bonchev–Trinajstić information content (AvgIpc) is 2.81. The van der Waals surface area contributed by atoms with Crippen LogP contribution in [0.3, 0.4) is 0 Å². The van der Waals surface area contributed by atoms with Crippen LogP contribution in [0.5, 0.6) is 5.75 Å². The minimum atomic E-state index is -0.346. The van der Waals surface area contributed by atoms with E-state index in [1.165, 1.54) is 18.3 Å². The quantitative estimate of drug-likeness (QED) is 0.362. The van der Waals surface area contributed by atoms with E-state index in [1.807, 2.05) is 32.0 Å². The zero-order valence-electron chi connectivity index (χ0n) is 18.6. The van der Waals surface area contributed by atoms with Crippen molar-refractivity contribution in [2.24, 2.45) is 5.10 Å². The minimum Gasteiger partial charge on any atom is -0.489 e. The zero-order valence-corrected chi connectivity index (χ0v) is 18.6. The van der Waals surface area contributed by atoms with Crippen LogP contribution in [0.1, 0.15) is 35.1 Å². The van der Waals surface area contributed by atoms with Crippen molar-refractivity contribution in [3.63, 3.8) is 0 Å². The standard InChI is InChI=1S/C26H26FN3O3/c1-18-4-3-5-24(19(18)2)29-25(31)14-15-26(32)30-28-16-20-8-12-23(13-9-20)33-17-21-6-10-22(27)11-7-21/h3-13,16H,14-15,17H2,1-2H3,(H,29,31)(H,30,32). The lowest BCUT2D eigenvalue weighted by atomic mass is 10.1. The third kappa shape index (κ3) is 7.57. The fourth-order valence-electron chi connectivity index (χ4n) is 2.96. The number of benzene rings is 3. The van der Waals surface area contributed by atoms with Gasteiger partial charge in [0.25, 0.3) is 0 Å². The first-order chi connectivity index (χ1) is 15.9. The van der Waals surface area contributed by atoms with Gasteiger partial charge in [0.05, 0.1) is 6.21 Å². The van der Waals surface area contributed by atoms with Crippen LogP contribution in [0.15, 0.2) is 71.8 Å². The molecule has 170 valence electrons. The molecule has 0 aromatic heterocycles. The second-order valence-corrected chi connectivity index (χ2v) is 7.57. The van der Waals surface area contributed by atoms with Gasteiger partial charge in [0.2, 0.25) is 11.8 Å². The van der Waals surface area contributed by atoms with Crippen molar-refractivity contribution in [1.82, 2.24) is 5.43 Å². The van der Waals surface area contributed by atoms with E-state index in [-0.39, 0.29) is 30.5 Å². The predicted octanol–water partition coefficient (Wildman–Crippen LogP) is 4.89. The van der Waals surface area contributed by atoms with E-state index in [0.29, 0.717) is 12.4 Å². The van der Waals surface area contributed by atoms with E-state index in [1.54, 1.807) is 36.4 Å². The summed E-state index contributed by atoms with van der Waals surface area (Å²) in [6, 6.07) is 19.0. The van der Waals surface area contributed by atoms with Crippen LogP contribution in [0.4, 0.5) is 10.1 Å². The highest BCUT2D eigenvalue weighted by molar-refractivity contribution is 5.94. The molecule has 0 heterocycles. The smallest absolute Gasteiger partial charge is 0.240 e. The molecule has 6 nitrogen and oxygen atoms in total. The number of hydrogen-bond donors (Lipinski definition) is 2. The van der Waals surface area contributed by atoms with Gasteiger partial charge < -0.3 is 10.1 Å². The molecule has 3 aromatic carbocycles. The normalized spacial score (nSPS) is 10.8. The third-order valence-corrected chi connectivity index (χ3v) is 5.06. The Morgan fingerprint density at radius 2 is 1.64 bits per heavy atom. The fourth-order valence-corrected chi connectivity index (χ4v) is 2.96. The lowest BCUT2D eigenvalue weighted by Crippen LogP contribution is -2.21. The zero-order chi connectivity index (χ0) is 23.6. The Morgan fingerprint density at radius 3 is 2.36 bits per heavy atom. The summed E-state index contributed by atoms with van der Waals surface area (Å²) in [6.45, 7) is 4.25. The van der Waals surface area contributed by atoms with Gasteiger partial charge in [0.1, 0.15) is 18.2 Å². The van der Waals surface area contributed by atoms with Gasteiger partial charge in [-0.25, -0.2) is 9.82 Å². The Hall–Kier alpha value is -4.00. The number of nitrogens with zero attached hydrogens (tertiary/aromatic N) is 1. The first kappa shape index (κ1) is 23.7. The Labute approximate surface area is 192 Å². The monoisotopic (exact) mass is 447 g/mol. The lowest BCUT2D eigenvalue weighted by Gasteiger charge is -2.10. The first-order valence-electron chi connectivity index (χ1n) is 10.6. The van der Waals surface area contributed by atoms with Gasteiger partial charge in [-0.15, -0.1) is 0 Å². The van der Waals surface area contributed by atoms with Crippen molar-refractivity contribution in [3.05, 3.63) is 94.8 Å². The molecule has 2 amide bonds. The fraction of sp³-hybridized carbons (Fsp3) is 0.192. The maximum absolute atomic E-state index is 12.9. The summed E-state index contributed by atoms with van der Waals surface area (Å²) in [5, 5.41) is 6.76. The summed E-state index contributed by atoms with van der Waals surface area (Å²) in [7, 11) is 0. The van der Waals surface area contributed by atoms with E-state index < -0.39 is 0 Å². The molecule has 3 aromatic rings. The van der Waals surface area contributed by atoms with Crippen LogP contribution in [0.2, 0.25) is 0 Å². The number of carbonyl (C=O) groups is 2. The first-order valence-corrected chi connectivity index (χ1v) is 10.6. The number of rotatable bonds is 9. The number of carbonyl (C=O) groups excluding carboxylic acids is 2. The van der Waals surface area contributed by atoms with Crippen LogP contribution in [0.25, 0.3) is 0 Å². The number of nitrogens with one attached hydrogen (secondary N) is 2. The molecule has 0 aliphatic heterocycles. The van der Waals surface area contributed by atoms with E-state index >= 15 is 0 Å². The molecule has 0 aliphatic rings. The van der Waals surface area contributed by atoms with E-state index in [9.17, 15) is 14.0 Å². The van der Waals surface area contributed by atoms with Crippen LogP contribution in [-0.4, -0.2) is 18.0 Å². The molecule has 0 saturated heterocycles. The lowest BCUT2D eigenvalue weighted by molar-refractivity contribution is -0.124. The third-order valence-electron chi connectivity index (χ3n) is 5.06. The molecular formula is C26H26FN3O3. The maximum Gasteiger partial charge on any atom is 0.240 e. The molecule has 0 unspecified atom stereocenters. The highest BCUT2D eigenvalue weighted by Crippen LogP contribution is 2.18. The Bertz CT molecular complexity index is 1130. The highest BCUT2D eigenvalue weighted by Gasteiger charge is 2.08. The molecule has 2 N–H and O–H groups in total. The highest BCUT2D eigenvalue weighted by atomic mass is 19.1. The molecule has 33 heavy (non-hydrogen) atoms. The molecule has 0 bridgehead atoms. The van der Waals surface area contributed by atoms with Gasteiger partial charge in [-0.05, 0) is 78.6 Å². The Morgan fingerprint density at radius 1 is 0.939 bits per heavy atom. The topological polar surface area (TPSA) is 79.8 Å². The van der Waals surface area contributed by atoms with Gasteiger partial charge in [-0.2, -0.15) is 5.10 Å². The number of hydrogen-bond acceptors (Lipinski definition) is 4. The number of aryl methyl sites for hydroxylation is 1. The second kappa shape index (κ2) is 11.6. The van der Waals surface area contributed by atoms with Crippen LogP contribution in [0, 0.1) is 19.7 Å². The molecular weight excluding hydrogens is 421 g/mol. The number of amides is 2. The summed E-state index contributed by atoms with van der Waals surface area (Å²) in [5.74, 6) is -0.189. The number of ether oxygens (including phenoxy) is 1. The van der Waals surface area contributed by atoms with Crippen LogP contribution in [-0.2, 0) is 16.2 Å². The Kier molecular flexibility index (Phi) is 8.30. The molecule has 0 radical (unpaired) electrons. The van der Waals surface area contributed by atoms with Gasteiger partial charge in [0, 0.05) is 18.5 Å². The largest absolute Gasteiger partial charge is 0.489 e. The number of halogens is 1. The predicted molar refractivity (Wildman–Crippen MR) is 127 cm³/mol. The molecule has 0 saturated carbocycles. The van der Waals surface area contributed by atoms with Gasteiger partial charge in [0.15, 0.2) is 0 Å². The van der Waals surface area contributed by atoms with Gasteiger partial charge in [-0.1, -0.05) is 24.3 Å². The second-order valence-electron chi connectivity index (χ2n) is 7.57. The van der Waals surface area contributed by atoms with Crippen molar-refractivity contribution in [2.75, 3.05) is 5.32 Å². The van der Waals surface area contributed by atoms with Gasteiger partial charge >= 0.3 is 0 Å². The number of hydrazone groups is 1. The average molecular weight is 448 g/mol. The van der Waals surface area contributed by atoms with Crippen LogP contribution >= 0.6 is 0 Å². The van der Waals surface area contributed by atoms with E-state index in [0.717, 1.165) is 27.9 Å². The molecule has 0 aliphatic carbocycles. The number of anilines is 1. The minimum absolute atomic E-state index is 0.0319. The summed E-state index contributed by atoms with van der Waals surface area (Å²) >= 11 is 0. The summed E-state index contributed by atoms with van der Waals surface area (Å²) in [5.41, 5.74) is 6.92. The summed E-state index contributed by atoms with van der Waals surface area (Å²) in [6.07, 6.45) is 1.61. The molecule has 7 heteroatoms. The van der Waals surface area contributed by atoms with Crippen molar-refractivity contribution >= 4 is 23.7 Å². The van der Waals surface area contributed by atoms with Crippen molar-refractivity contribution in [2.45, 2.75) is 33.3 Å².